The zero-order valence-electron chi connectivity index (χ0n) is 10.5. The predicted molar refractivity (Wildman–Crippen MR) is 70.9 cm³/mol. The number of rotatable bonds is 8. The molecule has 16 heavy (non-hydrogen) atoms. The van der Waals surface area contributed by atoms with Crippen LogP contribution in [0.3, 0.4) is 0 Å². The van der Waals surface area contributed by atoms with Gasteiger partial charge in [-0.3, -0.25) is 0 Å². The Morgan fingerprint density at radius 2 is 2.25 bits per heavy atom. The van der Waals surface area contributed by atoms with Crippen molar-refractivity contribution in [2.75, 3.05) is 13.1 Å². The molecule has 1 atom stereocenters. The molecule has 0 aliphatic heterocycles. The van der Waals surface area contributed by atoms with Gasteiger partial charge in [-0.15, -0.1) is 11.3 Å². The lowest BCUT2D eigenvalue weighted by Gasteiger charge is -2.21. The van der Waals surface area contributed by atoms with E-state index >= 15 is 0 Å². The highest BCUT2D eigenvalue weighted by Gasteiger charge is 2.13. The van der Waals surface area contributed by atoms with Gasteiger partial charge in [-0.05, 0) is 30.3 Å². The standard InChI is InChI=1S/C13H23NOS/c1-4-7-14-9-13(11(2)3)15-10-12-6-5-8-16-12/h5-6,8,11,13-14H,4,7,9-10H2,1-3H3. The van der Waals surface area contributed by atoms with Gasteiger partial charge in [-0.2, -0.15) is 0 Å². The summed E-state index contributed by atoms with van der Waals surface area (Å²) in [5.74, 6) is 0.560. The Morgan fingerprint density at radius 1 is 1.44 bits per heavy atom. The van der Waals surface area contributed by atoms with E-state index in [4.69, 9.17) is 4.74 Å². The molecule has 0 spiro atoms. The van der Waals surface area contributed by atoms with Crippen LogP contribution in [-0.2, 0) is 11.3 Å². The predicted octanol–water partition coefficient (Wildman–Crippen LogP) is 3.29. The molecule has 1 aromatic rings. The third-order valence-electron chi connectivity index (χ3n) is 2.54. The molecule has 0 saturated heterocycles. The molecule has 0 aromatic carbocycles. The third-order valence-corrected chi connectivity index (χ3v) is 3.39. The first-order chi connectivity index (χ1) is 7.74. The maximum absolute atomic E-state index is 5.94. The highest BCUT2D eigenvalue weighted by Crippen LogP contribution is 2.13. The lowest BCUT2D eigenvalue weighted by molar-refractivity contribution is 0.0128. The molecule has 1 rings (SSSR count). The topological polar surface area (TPSA) is 21.3 Å². The summed E-state index contributed by atoms with van der Waals surface area (Å²) >= 11 is 1.76. The van der Waals surface area contributed by atoms with Crippen molar-refractivity contribution in [3.05, 3.63) is 22.4 Å². The maximum atomic E-state index is 5.94. The van der Waals surface area contributed by atoms with Gasteiger partial charge in [0, 0.05) is 11.4 Å². The summed E-state index contributed by atoms with van der Waals surface area (Å²) in [7, 11) is 0. The average Bonchev–Trinajstić information content (AvgIpc) is 2.75. The normalized spacial score (nSPS) is 13.2. The van der Waals surface area contributed by atoms with Crippen LogP contribution in [0.25, 0.3) is 0 Å². The quantitative estimate of drug-likeness (QED) is 0.705. The van der Waals surface area contributed by atoms with Crippen molar-refractivity contribution in [1.29, 1.82) is 0 Å². The second-order valence-corrected chi connectivity index (χ2v) is 5.41. The van der Waals surface area contributed by atoms with Gasteiger partial charge in [0.1, 0.15) is 0 Å². The summed E-state index contributed by atoms with van der Waals surface area (Å²) in [6.45, 7) is 9.39. The van der Waals surface area contributed by atoms with Crippen molar-refractivity contribution in [2.45, 2.75) is 39.9 Å². The second-order valence-electron chi connectivity index (χ2n) is 4.38. The van der Waals surface area contributed by atoms with Crippen molar-refractivity contribution in [1.82, 2.24) is 5.32 Å². The van der Waals surface area contributed by atoms with Crippen molar-refractivity contribution < 1.29 is 4.74 Å². The van der Waals surface area contributed by atoms with E-state index in [9.17, 15) is 0 Å². The Labute approximate surface area is 103 Å². The van der Waals surface area contributed by atoms with Gasteiger partial charge in [0.05, 0.1) is 12.7 Å². The van der Waals surface area contributed by atoms with Gasteiger partial charge < -0.3 is 10.1 Å². The molecule has 1 aromatic heterocycles. The van der Waals surface area contributed by atoms with Crippen LogP contribution < -0.4 is 5.32 Å². The number of ether oxygens (including phenoxy) is 1. The smallest absolute Gasteiger partial charge is 0.0813 e. The molecule has 0 fully saturated rings. The van der Waals surface area contributed by atoms with E-state index in [2.05, 4.69) is 43.6 Å². The molecular formula is C13H23NOS. The fraction of sp³-hybridized carbons (Fsp3) is 0.692. The van der Waals surface area contributed by atoms with Crippen molar-refractivity contribution in [2.24, 2.45) is 5.92 Å². The van der Waals surface area contributed by atoms with Crippen LogP contribution in [0.5, 0.6) is 0 Å². The summed E-state index contributed by atoms with van der Waals surface area (Å²) in [5, 5.41) is 5.52. The number of hydrogen-bond donors (Lipinski definition) is 1. The number of nitrogens with one attached hydrogen (secondary N) is 1. The molecule has 3 heteroatoms. The molecule has 2 nitrogen and oxygen atoms in total. The van der Waals surface area contributed by atoms with Gasteiger partial charge in [0.25, 0.3) is 0 Å². The van der Waals surface area contributed by atoms with Gasteiger partial charge >= 0.3 is 0 Å². The van der Waals surface area contributed by atoms with Crippen molar-refractivity contribution in [3.63, 3.8) is 0 Å². The van der Waals surface area contributed by atoms with Crippen LogP contribution in [-0.4, -0.2) is 19.2 Å². The minimum absolute atomic E-state index is 0.314. The molecule has 92 valence electrons. The van der Waals surface area contributed by atoms with E-state index in [-0.39, 0.29) is 0 Å². The highest BCUT2D eigenvalue weighted by atomic mass is 32.1. The molecule has 0 amide bonds. The van der Waals surface area contributed by atoms with E-state index in [1.165, 1.54) is 11.3 Å². The van der Waals surface area contributed by atoms with Crippen LogP contribution in [0, 0.1) is 5.92 Å². The van der Waals surface area contributed by atoms with Gasteiger partial charge in [-0.25, -0.2) is 0 Å². The van der Waals surface area contributed by atoms with E-state index < -0.39 is 0 Å². The minimum atomic E-state index is 0.314. The van der Waals surface area contributed by atoms with Gasteiger partial charge in [-0.1, -0.05) is 26.8 Å². The molecule has 0 saturated carbocycles. The van der Waals surface area contributed by atoms with E-state index in [0.29, 0.717) is 12.0 Å². The summed E-state index contributed by atoms with van der Waals surface area (Å²) in [4.78, 5) is 1.31. The zero-order chi connectivity index (χ0) is 11.8. The lowest BCUT2D eigenvalue weighted by Crippen LogP contribution is -2.33. The van der Waals surface area contributed by atoms with Crippen molar-refractivity contribution in [3.8, 4) is 0 Å². The van der Waals surface area contributed by atoms with Crippen molar-refractivity contribution >= 4 is 11.3 Å². The number of hydrogen-bond acceptors (Lipinski definition) is 3. The van der Waals surface area contributed by atoms with E-state index in [0.717, 1.165) is 19.7 Å². The van der Waals surface area contributed by atoms with Crippen LogP contribution >= 0.6 is 11.3 Å². The zero-order valence-corrected chi connectivity index (χ0v) is 11.3. The molecule has 0 bridgehead atoms. The van der Waals surface area contributed by atoms with E-state index in [1.54, 1.807) is 11.3 Å². The first-order valence-corrected chi connectivity index (χ1v) is 6.96. The summed E-state index contributed by atoms with van der Waals surface area (Å²) < 4.78 is 5.94. The van der Waals surface area contributed by atoms with Crippen LogP contribution in [0.2, 0.25) is 0 Å². The molecular weight excluding hydrogens is 218 g/mol. The first kappa shape index (κ1) is 13.7. The molecule has 0 radical (unpaired) electrons. The summed E-state index contributed by atoms with van der Waals surface area (Å²) in [6, 6.07) is 4.20. The number of thiophene rings is 1. The Morgan fingerprint density at radius 3 is 2.81 bits per heavy atom. The van der Waals surface area contributed by atoms with Crippen LogP contribution in [0.1, 0.15) is 32.1 Å². The largest absolute Gasteiger partial charge is 0.371 e. The summed E-state index contributed by atoms with van der Waals surface area (Å²) in [6.07, 6.45) is 1.49. The Bertz CT molecular complexity index is 259. The summed E-state index contributed by atoms with van der Waals surface area (Å²) in [5.41, 5.74) is 0. The molecule has 1 heterocycles. The fourth-order valence-electron chi connectivity index (χ4n) is 1.49. The van der Waals surface area contributed by atoms with E-state index in [1.807, 2.05) is 0 Å². The molecule has 1 unspecified atom stereocenters. The lowest BCUT2D eigenvalue weighted by atomic mass is 10.1. The molecule has 0 aliphatic carbocycles. The minimum Gasteiger partial charge on any atom is -0.371 e. The first-order valence-electron chi connectivity index (χ1n) is 6.08. The van der Waals surface area contributed by atoms with Gasteiger partial charge in [0.2, 0.25) is 0 Å². The van der Waals surface area contributed by atoms with Gasteiger partial charge in [0.15, 0.2) is 0 Å². The fourth-order valence-corrected chi connectivity index (χ4v) is 2.12. The third kappa shape index (κ3) is 5.10. The molecule has 0 aliphatic rings. The SMILES string of the molecule is CCCNCC(OCc1cccs1)C(C)C. The maximum Gasteiger partial charge on any atom is 0.0813 e. The monoisotopic (exact) mass is 241 g/mol. The second kappa shape index (κ2) is 7.82. The van der Waals surface area contributed by atoms with Crippen LogP contribution in [0.4, 0.5) is 0 Å². The Hall–Kier alpha value is -0.380. The van der Waals surface area contributed by atoms with Crippen LogP contribution in [0.15, 0.2) is 17.5 Å². The Balaban J connectivity index is 2.27. The average molecular weight is 241 g/mol. The highest BCUT2D eigenvalue weighted by molar-refractivity contribution is 7.09. The molecule has 1 N–H and O–H groups in total. The Kier molecular flexibility index (Phi) is 6.69.